The fraction of sp³-hybridized carbons (Fsp3) is 0.455. The molecule has 1 aromatic rings. The number of hydrogen-bond acceptors (Lipinski definition) is 3. The average molecular weight is 228 g/mol. The van der Waals surface area contributed by atoms with E-state index in [0.717, 1.165) is 18.0 Å². The molecular formula is C11H14ClNO2. The molecule has 0 aliphatic carbocycles. The molecule has 1 saturated heterocycles. The molecule has 1 N–H and O–H groups in total. The number of ether oxygens (including phenoxy) is 2. The Morgan fingerprint density at radius 3 is 2.87 bits per heavy atom. The monoisotopic (exact) mass is 227 g/mol. The van der Waals surface area contributed by atoms with Gasteiger partial charge in [0, 0.05) is 6.04 Å². The van der Waals surface area contributed by atoms with E-state index < -0.39 is 0 Å². The lowest BCUT2D eigenvalue weighted by Crippen LogP contribution is -2.12. The zero-order valence-electron chi connectivity index (χ0n) is 8.36. The van der Waals surface area contributed by atoms with Crippen LogP contribution in [0, 0.1) is 0 Å². The third-order valence-electron chi connectivity index (χ3n) is 2.86. The number of nitrogens with one attached hydrogen (secondary N) is 1. The van der Waals surface area contributed by atoms with Crippen LogP contribution in [-0.2, 0) is 0 Å². The van der Waals surface area contributed by atoms with Crippen LogP contribution in [0.3, 0.4) is 0 Å². The Balaban J connectivity index is 0.000000853. The van der Waals surface area contributed by atoms with Gasteiger partial charge in [0.05, 0.1) is 0 Å². The van der Waals surface area contributed by atoms with Crippen molar-refractivity contribution in [2.45, 2.75) is 18.9 Å². The zero-order chi connectivity index (χ0) is 9.38. The SMILES string of the molecule is Cl.c1cc2c(cc1C1CCCN1)OCO2. The number of hydrogen-bond donors (Lipinski definition) is 1. The topological polar surface area (TPSA) is 30.5 Å². The van der Waals surface area contributed by atoms with E-state index in [4.69, 9.17) is 9.47 Å². The second-order valence-electron chi connectivity index (χ2n) is 3.76. The third kappa shape index (κ3) is 1.90. The van der Waals surface area contributed by atoms with Gasteiger partial charge in [-0.15, -0.1) is 12.4 Å². The van der Waals surface area contributed by atoms with Gasteiger partial charge in [0.15, 0.2) is 11.5 Å². The summed E-state index contributed by atoms with van der Waals surface area (Å²) in [5.74, 6) is 1.75. The Bertz CT molecular complexity index is 350. The maximum Gasteiger partial charge on any atom is 0.231 e. The van der Waals surface area contributed by atoms with E-state index in [1.807, 2.05) is 6.07 Å². The molecule has 2 heterocycles. The summed E-state index contributed by atoms with van der Waals surface area (Å²) in [6.07, 6.45) is 2.48. The number of fused-ring (bicyclic) bond motifs is 1. The summed E-state index contributed by atoms with van der Waals surface area (Å²) in [5.41, 5.74) is 1.31. The molecule has 1 unspecified atom stereocenters. The summed E-state index contributed by atoms with van der Waals surface area (Å²) in [6, 6.07) is 6.71. The lowest BCUT2D eigenvalue weighted by molar-refractivity contribution is 0.174. The van der Waals surface area contributed by atoms with Gasteiger partial charge in [-0.25, -0.2) is 0 Å². The number of rotatable bonds is 1. The second-order valence-corrected chi connectivity index (χ2v) is 3.76. The van der Waals surface area contributed by atoms with Crippen molar-refractivity contribution in [3.05, 3.63) is 23.8 Å². The van der Waals surface area contributed by atoms with E-state index in [1.54, 1.807) is 0 Å². The first kappa shape index (κ1) is 10.6. The largest absolute Gasteiger partial charge is 0.454 e. The van der Waals surface area contributed by atoms with Gasteiger partial charge < -0.3 is 14.8 Å². The van der Waals surface area contributed by atoms with Crippen molar-refractivity contribution < 1.29 is 9.47 Å². The summed E-state index contributed by atoms with van der Waals surface area (Å²) in [6.45, 7) is 1.48. The van der Waals surface area contributed by atoms with Crippen LogP contribution in [0.4, 0.5) is 0 Å². The van der Waals surface area contributed by atoms with Crippen molar-refractivity contribution in [3.63, 3.8) is 0 Å². The van der Waals surface area contributed by atoms with E-state index >= 15 is 0 Å². The van der Waals surface area contributed by atoms with Crippen molar-refractivity contribution in [1.29, 1.82) is 0 Å². The molecular weight excluding hydrogens is 214 g/mol. The molecule has 0 saturated carbocycles. The summed E-state index contributed by atoms with van der Waals surface area (Å²) in [4.78, 5) is 0. The van der Waals surface area contributed by atoms with Crippen LogP contribution < -0.4 is 14.8 Å². The summed E-state index contributed by atoms with van der Waals surface area (Å²) < 4.78 is 10.6. The Morgan fingerprint density at radius 2 is 2.07 bits per heavy atom. The first-order valence-electron chi connectivity index (χ1n) is 5.06. The van der Waals surface area contributed by atoms with Gasteiger partial charge in [-0.1, -0.05) is 6.07 Å². The minimum absolute atomic E-state index is 0. The normalized spacial score (nSPS) is 22.5. The van der Waals surface area contributed by atoms with E-state index in [1.165, 1.54) is 18.4 Å². The molecule has 0 amide bonds. The van der Waals surface area contributed by atoms with E-state index in [2.05, 4.69) is 17.4 Å². The number of benzene rings is 1. The highest BCUT2D eigenvalue weighted by Crippen LogP contribution is 2.35. The Labute approximate surface area is 95.2 Å². The highest BCUT2D eigenvalue weighted by atomic mass is 35.5. The molecule has 4 heteroatoms. The minimum Gasteiger partial charge on any atom is -0.454 e. The molecule has 1 fully saturated rings. The smallest absolute Gasteiger partial charge is 0.231 e. The first-order chi connectivity index (χ1) is 6.93. The van der Waals surface area contributed by atoms with E-state index in [-0.39, 0.29) is 12.4 Å². The first-order valence-corrected chi connectivity index (χ1v) is 5.06. The fourth-order valence-electron chi connectivity index (χ4n) is 2.10. The predicted molar refractivity (Wildman–Crippen MR) is 59.8 cm³/mol. The van der Waals surface area contributed by atoms with Crippen molar-refractivity contribution in [1.82, 2.24) is 5.32 Å². The summed E-state index contributed by atoms with van der Waals surface area (Å²) in [7, 11) is 0. The molecule has 0 radical (unpaired) electrons. The van der Waals surface area contributed by atoms with Gasteiger partial charge in [-0.3, -0.25) is 0 Å². The van der Waals surface area contributed by atoms with E-state index in [9.17, 15) is 0 Å². The lowest BCUT2D eigenvalue weighted by Gasteiger charge is -2.10. The van der Waals surface area contributed by atoms with Crippen LogP contribution in [0.15, 0.2) is 18.2 Å². The zero-order valence-corrected chi connectivity index (χ0v) is 9.18. The highest BCUT2D eigenvalue weighted by molar-refractivity contribution is 5.85. The quantitative estimate of drug-likeness (QED) is 0.799. The number of halogens is 1. The molecule has 2 aliphatic rings. The van der Waals surface area contributed by atoms with Gasteiger partial charge in [0.2, 0.25) is 6.79 Å². The van der Waals surface area contributed by atoms with Gasteiger partial charge in [-0.05, 0) is 37.1 Å². The van der Waals surface area contributed by atoms with Crippen LogP contribution in [0.1, 0.15) is 24.4 Å². The van der Waals surface area contributed by atoms with Crippen molar-refractivity contribution in [2.24, 2.45) is 0 Å². The second kappa shape index (κ2) is 4.29. The minimum atomic E-state index is 0. The molecule has 82 valence electrons. The van der Waals surface area contributed by atoms with Crippen LogP contribution in [0.2, 0.25) is 0 Å². The molecule has 0 bridgehead atoms. The van der Waals surface area contributed by atoms with Crippen LogP contribution in [0.5, 0.6) is 11.5 Å². The van der Waals surface area contributed by atoms with E-state index in [0.29, 0.717) is 12.8 Å². The molecule has 0 spiro atoms. The van der Waals surface area contributed by atoms with Crippen LogP contribution in [-0.4, -0.2) is 13.3 Å². The molecule has 0 aromatic heterocycles. The maximum atomic E-state index is 5.35. The third-order valence-corrected chi connectivity index (χ3v) is 2.86. The fourth-order valence-corrected chi connectivity index (χ4v) is 2.10. The summed E-state index contributed by atoms with van der Waals surface area (Å²) in [5, 5.41) is 3.47. The maximum absolute atomic E-state index is 5.35. The Kier molecular flexibility index (Phi) is 3.03. The van der Waals surface area contributed by atoms with Gasteiger partial charge >= 0.3 is 0 Å². The highest BCUT2D eigenvalue weighted by Gasteiger charge is 2.19. The van der Waals surface area contributed by atoms with Crippen molar-refractivity contribution in [3.8, 4) is 11.5 Å². The van der Waals surface area contributed by atoms with Crippen molar-refractivity contribution in [2.75, 3.05) is 13.3 Å². The summed E-state index contributed by atoms with van der Waals surface area (Å²) >= 11 is 0. The van der Waals surface area contributed by atoms with Gasteiger partial charge in [-0.2, -0.15) is 0 Å². The Hall–Kier alpha value is -0.930. The molecule has 2 aliphatic heterocycles. The molecule has 15 heavy (non-hydrogen) atoms. The molecule has 1 aromatic carbocycles. The predicted octanol–water partition coefficient (Wildman–Crippen LogP) is 2.26. The Morgan fingerprint density at radius 1 is 1.20 bits per heavy atom. The van der Waals surface area contributed by atoms with Gasteiger partial charge in [0.1, 0.15) is 0 Å². The van der Waals surface area contributed by atoms with Crippen LogP contribution >= 0.6 is 12.4 Å². The molecule has 3 nitrogen and oxygen atoms in total. The van der Waals surface area contributed by atoms with Crippen LogP contribution in [0.25, 0.3) is 0 Å². The average Bonchev–Trinajstić information content (AvgIpc) is 2.88. The lowest BCUT2D eigenvalue weighted by atomic mass is 10.1. The van der Waals surface area contributed by atoms with Crippen molar-refractivity contribution >= 4 is 12.4 Å². The molecule has 1 atom stereocenters. The standard InChI is InChI=1S/C11H13NO2.ClH/c1-2-9(12-5-1)8-3-4-10-11(6-8)14-7-13-10;/h3-4,6,9,12H,1-2,5,7H2;1H. The van der Waals surface area contributed by atoms with Gasteiger partial charge in [0.25, 0.3) is 0 Å². The molecule has 3 rings (SSSR count).